The third-order valence-electron chi connectivity index (χ3n) is 5.31. The summed E-state index contributed by atoms with van der Waals surface area (Å²) >= 11 is 5.93. The molecule has 2 aromatic carbocycles. The van der Waals surface area contributed by atoms with Crippen LogP contribution in [0.4, 0.5) is 15.9 Å². The number of piperidine rings is 1. The molecule has 4 rings (SSSR count). The molecular weight excluding hydrogens is 471 g/mol. The third kappa shape index (κ3) is 6.84. The normalized spacial score (nSPS) is 12.5. The van der Waals surface area contributed by atoms with Crippen LogP contribution < -0.4 is 10.1 Å². The molecule has 0 atom stereocenters. The van der Waals surface area contributed by atoms with Crippen molar-refractivity contribution in [1.82, 2.24) is 14.9 Å². The monoisotopic (exact) mass is 498 g/mol. The molecule has 0 saturated carbocycles. The number of carbonyl (C=O) groups is 1. The lowest BCUT2D eigenvalue weighted by atomic mass is 10.1. The van der Waals surface area contributed by atoms with Gasteiger partial charge in [-0.3, -0.25) is 4.79 Å². The Morgan fingerprint density at radius 2 is 1.94 bits per heavy atom. The minimum atomic E-state index is -0.559. The summed E-state index contributed by atoms with van der Waals surface area (Å²) < 4.78 is 19.3. The molecule has 1 aliphatic heterocycles. The molecule has 1 amide bonds. The van der Waals surface area contributed by atoms with Gasteiger partial charge in [0.05, 0.1) is 23.3 Å². The minimum Gasteiger partial charge on any atom is -0.504 e. The molecule has 0 bridgehead atoms. The van der Waals surface area contributed by atoms with E-state index in [1.807, 2.05) is 4.90 Å². The molecule has 0 spiro atoms. The number of anilines is 2. The first-order valence-electron chi connectivity index (χ1n) is 10.8. The molecule has 1 aliphatic rings. The number of likely N-dealkylation sites (tertiary alicyclic amines) is 1. The van der Waals surface area contributed by atoms with Crippen molar-refractivity contribution in [3.63, 3.8) is 0 Å². The Bertz CT molecular complexity index is 1210. The molecule has 0 radical (unpaired) electrons. The largest absolute Gasteiger partial charge is 0.504 e. The summed E-state index contributed by atoms with van der Waals surface area (Å²) in [6.07, 6.45) is 14.3. The van der Waals surface area contributed by atoms with Crippen LogP contribution in [0.1, 0.15) is 24.8 Å². The second-order valence-electron chi connectivity index (χ2n) is 7.54. The Morgan fingerprint density at radius 3 is 2.57 bits per heavy atom. The number of nitrogens with zero attached hydrogens (tertiary/aromatic N) is 3. The van der Waals surface area contributed by atoms with E-state index in [0.29, 0.717) is 28.0 Å². The van der Waals surface area contributed by atoms with Gasteiger partial charge in [-0.2, -0.15) is 0 Å². The Hall–Kier alpha value is -3.83. The first-order chi connectivity index (χ1) is 16.8. The molecule has 0 unspecified atom stereocenters. The number of terminal acetylenes is 1. The van der Waals surface area contributed by atoms with Crippen LogP contribution in [0.15, 0.2) is 43.2 Å². The fraction of sp³-hybridized carbons (Fsp3) is 0.269. The van der Waals surface area contributed by atoms with E-state index in [1.54, 1.807) is 25.1 Å². The van der Waals surface area contributed by atoms with Gasteiger partial charge in [-0.1, -0.05) is 24.2 Å². The van der Waals surface area contributed by atoms with Gasteiger partial charge in [0.15, 0.2) is 17.3 Å². The second kappa shape index (κ2) is 13.2. The number of fused-ring (bicyclic) bond motifs is 1. The smallest absolute Gasteiger partial charge is 0.245 e. The molecule has 0 aliphatic carbocycles. The topological polar surface area (TPSA) is 87.6 Å². The van der Waals surface area contributed by atoms with Crippen LogP contribution in [0.25, 0.3) is 10.9 Å². The van der Waals surface area contributed by atoms with Crippen LogP contribution in [0, 0.1) is 25.6 Å². The maximum atomic E-state index is 14.2. The number of phenols is 1. The van der Waals surface area contributed by atoms with Crippen molar-refractivity contribution < 1.29 is 19.0 Å². The zero-order valence-electron chi connectivity index (χ0n) is 19.7. The molecule has 2 heterocycles. The Balaban J connectivity index is 0.000000302. The average Bonchev–Trinajstić information content (AvgIpc) is 2.90. The van der Waals surface area contributed by atoms with Crippen LogP contribution in [0.3, 0.4) is 0 Å². The number of halogens is 2. The highest BCUT2D eigenvalue weighted by Crippen LogP contribution is 2.34. The maximum absolute atomic E-state index is 14.2. The molecule has 1 aromatic heterocycles. The standard InChI is InChI=1S/C16H13ClFN3O2.C8H13NO.C2H2/c1-8-3-4-10(15(18)14(8)17)21-16-9-5-12(22)13(23-2)6-11(9)19-7-20-16;1-2-8(10)9-6-4-3-5-7-9;1-2/h3-7,22H,1-2H3,(H,19,20,21);2H,1,3-7H2;1-2H. The lowest BCUT2D eigenvalue weighted by molar-refractivity contribution is -0.126. The summed E-state index contributed by atoms with van der Waals surface area (Å²) in [5, 5.41) is 13.4. The van der Waals surface area contributed by atoms with E-state index < -0.39 is 5.82 Å². The van der Waals surface area contributed by atoms with E-state index in [0.717, 1.165) is 25.9 Å². The van der Waals surface area contributed by atoms with Gasteiger partial charge >= 0.3 is 0 Å². The van der Waals surface area contributed by atoms with Gasteiger partial charge in [0, 0.05) is 24.5 Å². The highest BCUT2D eigenvalue weighted by Gasteiger charge is 2.14. The van der Waals surface area contributed by atoms with E-state index >= 15 is 0 Å². The van der Waals surface area contributed by atoms with E-state index in [-0.39, 0.29) is 22.4 Å². The zero-order chi connectivity index (χ0) is 26.0. The number of aromatic nitrogens is 2. The maximum Gasteiger partial charge on any atom is 0.245 e. The van der Waals surface area contributed by atoms with E-state index in [4.69, 9.17) is 16.3 Å². The summed E-state index contributed by atoms with van der Waals surface area (Å²) in [7, 11) is 1.45. The van der Waals surface area contributed by atoms with Crippen LogP contribution in [0.5, 0.6) is 11.5 Å². The summed E-state index contributed by atoms with van der Waals surface area (Å²) in [6, 6.07) is 6.33. The fourth-order valence-electron chi connectivity index (χ4n) is 3.45. The van der Waals surface area contributed by atoms with E-state index in [2.05, 4.69) is 34.7 Å². The predicted octanol–water partition coefficient (Wildman–Crippen LogP) is 5.62. The Labute approximate surface area is 209 Å². The number of methoxy groups -OCH3 is 1. The molecule has 3 aromatic rings. The van der Waals surface area contributed by atoms with E-state index in [9.17, 15) is 14.3 Å². The van der Waals surface area contributed by atoms with Crippen LogP contribution in [-0.4, -0.2) is 46.1 Å². The van der Waals surface area contributed by atoms with Gasteiger partial charge < -0.3 is 20.1 Å². The van der Waals surface area contributed by atoms with Crippen molar-refractivity contribution in [2.45, 2.75) is 26.2 Å². The molecule has 1 fully saturated rings. The number of nitrogens with one attached hydrogen (secondary N) is 1. The number of hydrogen-bond donors (Lipinski definition) is 2. The van der Waals surface area contributed by atoms with Gasteiger partial charge in [0.1, 0.15) is 12.1 Å². The minimum absolute atomic E-state index is 0.0536. The van der Waals surface area contributed by atoms with Crippen molar-refractivity contribution in [2.24, 2.45) is 0 Å². The van der Waals surface area contributed by atoms with Gasteiger partial charge in [-0.15, -0.1) is 12.8 Å². The van der Waals surface area contributed by atoms with Crippen molar-refractivity contribution in [1.29, 1.82) is 0 Å². The van der Waals surface area contributed by atoms with E-state index in [1.165, 1.54) is 32.0 Å². The Kier molecular flexibility index (Phi) is 10.3. The number of carbonyl (C=O) groups excluding carboxylic acids is 1. The number of phenolic OH excluding ortho intramolecular Hbond substituents is 1. The average molecular weight is 499 g/mol. The van der Waals surface area contributed by atoms with Crippen LogP contribution in [0.2, 0.25) is 5.02 Å². The van der Waals surface area contributed by atoms with Gasteiger partial charge in [-0.05, 0) is 50.0 Å². The van der Waals surface area contributed by atoms with Crippen LogP contribution in [-0.2, 0) is 4.79 Å². The number of benzene rings is 2. The van der Waals surface area contributed by atoms with Crippen molar-refractivity contribution in [3.8, 4) is 24.3 Å². The lowest BCUT2D eigenvalue weighted by Crippen LogP contribution is -2.34. The number of ether oxygens (including phenoxy) is 1. The third-order valence-corrected chi connectivity index (χ3v) is 5.77. The molecule has 9 heteroatoms. The Morgan fingerprint density at radius 1 is 1.26 bits per heavy atom. The SMILES string of the molecule is C#C.C=CC(=O)N1CCCCC1.COc1cc2ncnc(Nc3ccc(C)c(Cl)c3F)c2cc1O. The molecule has 184 valence electrons. The second-order valence-corrected chi connectivity index (χ2v) is 7.91. The highest BCUT2D eigenvalue weighted by atomic mass is 35.5. The van der Waals surface area contributed by atoms with Crippen LogP contribution >= 0.6 is 11.6 Å². The fourth-order valence-corrected chi connectivity index (χ4v) is 3.61. The highest BCUT2D eigenvalue weighted by molar-refractivity contribution is 6.31. The van der Waals surface area contributed by atoms with Gasteiger partial charge in [-0.25, -0.2) is 14.4 Å². The molecular formula is C26H28ClFN4O3. The number of amides is 1. The number of rotatable bonds is 4. The number of aryl methyl sites for hydroxylation is 1. The first-order valence-corrected chi connectivity index (χ1v) is 11.2. The van der Waals surface area contributed by atoms with Crippen molar-refractivity contribution in [2.75, 3.05) is 25.5 Å². The van der Waals surface area contributed by atoms with Crippen molar-refractivity contribution >= 4 is 39.9 Å². The quantitative estimate of drug-likeness (QED) is 0.358. The summed E-state index contributed by atoms with van der Waals surface area (Å²) in [4.78, 5) is 21.1. The van der Waals surface area contributed by atoms with Crippen molar-refractivity contribution in [3.05, 3.63) is 59.7 Å². The molecule has 35 heavy (non-hydrogen) atoms. The summed E-state index contributed by atoms with van der Waals surface area (Å²) in [5.74, 6) is 0.120. The number of hydrogen-bond acceptors (Lipinski definition) is 6. The zero-order valence-corrected chi connectivity index (χ0v) is 20.5. The first kappa shape index (κ1) is 27.4. The molecule has 7 nitrogen and oxygen atoms in total. The summed E-state index contributed by atoms with van der Waals surface area (Å²) in [6.45, 7) is 7.01. The lowest BCUT2D eigenvalue weighted by Gasteiger charge is -2.25. The van der Waals surface area contributed by atoms with Gasteiger partial charge in [0.25, 0.3) is 0 Å². The van der Waals surface area contributed by atoms with Gasteiger partial charge in [0.2, 0.25) is 5.91 Å². The predicted molar refractivity (Wildman–Crippen MR) is 138 cm³/mol. The molecule has 1 saturated heterocycles. The number of aromatic hydroxyl groups is 1. The molecule has 2 N–H and O–H groups in total. The summed E-state index contributed by atoms with van der Waals surface area (Å²) in [5.41, 5.74) is 1.39.